The molecule has 0 bridgehead atoms. The van der Waals surface area contributed by atoms with Crippen molar-refractivity contribution in [2.75, 3.05) is 24.4 Å². The number of hydrogen-bond donors (Lipinski definition) is 2. The maximum Gasteiger partial charge on any atom is 0.303 e. The Kier molecular flexibility index (Phi) is 4.72. The fourth-order valence-electron chi connectivity index (χ4n) is 4.25. The van der Waals surface area contributed by atoms with Crippen molar-refractivity contribution in [2.24, 2.45) is 0 Å². The highest BCUT2D eigenvalue weighted by atomic mass is 32.2. The first-order valence-corrected chi connectivity index (χ1v) is 11.5. The third kappa shape index (κ3) is 3.06. The lowest BCUT2D eigenvalue weighted by Gasteiger charge is -2.34. The number of pyridine rings is 1. The normalized spacial score (nSPS) is 16.8. The molecule has 1 aliphatic rings. The molecule has 166 valence electrons. The second-order valence-corrected chi connectivity index (χ2v) is 9.81. The van der Waals surface area contributed by atoms with E-state index in [1.54, 1.807) is 30.5 Å². The minimum Gasteiger partial charge on any atom is -0.505 e. The molecule has 8 nitrogen and oxygen atoms in total. The molecule has 2 aromatic heterocycles. The lowest BCUT2D eigenvalue weighted by atomic mass is 10.1. The molecule has 3 heterocycles. The van der Waals surface area contributed by atoms with Crippen molar-refractivity contribution in [3.8, 4) is 11.6 Å². The van der Waals surface area contributed by atoms with Gasteiger partial charge in [0.25, 0.3) is 0 Å². The van der Waals surface area contributed by atoms with Crippen LogP contribution in [0, 0.1) is 5.82 Å². The minimum absolute atomic E-state index is 0.122. The molecule has 0 aliphatic carbocycles. The second-order valence-electron chi connectivity index (χ2n) is 7.85. The van der Waals surface area contributed by atoms with Gasteiger partial charge in [-0.2, -0.15) is 12.7 Å². The van der Waals surface area contributed by atoms with Crippen molar-refractivity contribution >= 4 is 37.6 Å². The van der Waals surface area contributed by atoms with Crippen LogP contribution in [0.4, 0.5) is 10.1 Å². The SMILES string of the molecule is CN1CCCN(c2c3cccnc3c(O)c3c(O)n(Cc4ccc(F)cc4)cc23)S1(=O)=O. The highest BCUT2D eigenvalue weighted by Crippen LogP contribution is 2.47. The summed E-state index contributed by atoms with van der Waals surface area (Å²) in [4.78, 5) is 4.25. The van der Waals surface area contributed by atoms with Gasteiger partial charge >= 0.3 is 10.2 Å². The monoisotopic (exact) mass is 456 g/mol. The van der Waals surface area contributed by atoms with Gasteiger partial charge < -0.3 is 14.8 Å². The van der Waals surface area contributed by atoms with E-state index >= 15 is 0 Å². The number of fused-ring (bicyclic) bond motifs is 2. The summed E-state index contributed by atoms with van der Waals surface area (Å²) >= 11 is 0. The van der Waals surface area contributed by atoms with Gasteiger partial charge in [0.05, 0.1) is 17.6 Å². The van der Waals surface area contributed by atoms with Crippen LogP contribution < -0.4 is 4.31 Å². The molecule has 0 spiro atoms. The predicted octanol–water partition coefficient (Wildman–Crippen LogP) is 3.17. The molecule has 10 heteroatoms. The Labute approximate surface area is 183 Å². The number of aromatic hydroxyl groups is 2. The smallest absolute Gasteiger partial charge is 0.303 e. The molecular weight excluding hydrogens is 435 g/mol. The number of aromatic nitrogens is 2. The third-order valence-electron chi connectivity index (χ3n) is 5.85. The zero-order valence-corrected chi connectivity index (χ0v) is 18.0. The van der Waals surface area contributed by atoms with E-state index in [9.17, 15) is 23.0 Å². The van der Waals surface area contributed by atoms with E-state index < -0.39 is 10.2 Å². The van der Waals surface area contributed by atoms with E-state index in [1.165, 1.54) is 38.6 Å². The molecule has 0 unspecified atom stereocenters. The molecular formula is C22H21FN4O4S. The summed E-state index contributed by atoms with van der Waals surface area (Å²) in [5.74, 6) is -0.817. The number of benzene rings is 2. The van der Waals surface area contributed by atoms with E-state index in [-0.39, 0.29) is 41.4 Å². The van der Waals surface area contributed by atoms with Crippen LogP contribution in [0.1, 0.15) is 12.0 Å². The van der Waals surface area contributed by atoms with Crippen LogP contribution in [0.3, 0.4) is 0 Å². The van der Waals surface area contributed by atoms with E-state index in [1.807, 2.05) is 0 Å². The summed E-state index contributed by atoms with van der Waals surface area (Å²) < 4.78 is 43.7. The van der Waals surface area contributed by atoms with E-state index in [2.05, 4.69) is 4.98 Å². The fourth-order valence-corrected chi connectivity index (χ4v) is 5.73. The molecule has 4 aromatic rings. The first-order chi connectivity index (χ1) is 15.3. The lowest BCUT2D eigenvalue weighted by Crippen LogP contribution is -2.48. The first-order valence-electron chi connectivity index (χ1n) is 10.1. The number of rotatable bonds is 3. The Morgan fingerprint density at radius 2 is 1.84 bits per heavy atom. The number of nitrogens with zero attached hydrogens (tertiary/aromatic N) is 4. The predicted molar refractivity (Wildman–Crippen MR) is 120 cm³/mol. The lowest BCUT2D eigenvalue weighted by molar-refractivity contribution is 0.425. The van der Waals surface area contributed by atoms with Gasteiger partial charge in [0, 0.05) is 43.3 Å². The quantitative estimate of drug-likeness (QED) is 0.493. The molecule has 5 rings (SSSR count). The van der Waals surface area contributed by atoms with Crippen LogP contribution in [0.5, 0.6) is 11.6 Å². The van der Waals surface area contributed by atoms with Gasteiger partial charge in [-0.25, -0.2) is 4.39 Å². The van der Waals surface area contributed by atoms with Crippen molar-refractivity contribution in [2.45, 2.75) is 13.0 Å². The van der Waals surface area contributed by atoms with Crippen molar-refractivity contribution in [3.05, 3.63) is 60.2 Å². The maximum absolute atomic E-state index is 13.3. The molecule has 1 saturated heterocycles. The molecule has 1 aliphatic heterocycles. The largest absolute Gasteiger partial charge is 0.505 e. The third-order valence-corrected chi connectivity index (χ3v) is 7.74. The van der Waals surface area contributed by atoms with Crippen LogP contribution in [-0.4, -0.2) is 52.6 Å². The van der Waals surface area contributed by atoms with Gasteiger partial charge in [-0.05, 0) is 36.2 Å². The molecule has 32 heavy (non-hydrogen) atoms. The Balaban J connectivity index is 1.80. The Morgan fingerprint density at radius 3 is 2.59 bits per heavy atom. The standard InChI is InChI=1S/C22H21FN4O4S/c1-25-10-3-11-27(32(25,30)31)20-16-4-2-9-24-19(16)21(28)18-17(20)13-26(22(18)29)12-14-5-7-15(23)8-6-14/h2,4-9,13,28-29H,3,10-12H2,1H3. The summed E-state index contributed by atoms with van der Waals surface area (Å²) in [5, 5.41) is 22.9. The average Bonchev–Trinajstić information content (AvgIpc) is 3.09. The molecule has 0 radical (unpaired) electrons. The van der Waals surface area contributed by atoms with Crippen LogP contribution in [0.25, 0.3) is 21.7 Å². The highest BCUT2D eigenvalue weighted by Gasteiger charge is 2.35. The zero-order chi connectivity index (χ0) is 22.6. The van der Waals surface area contributed by atoms with E-state index in [4.69, 9.17) is 0 Å². The number of hydrogen-bond acceptors (Lipinski definition) is 5. The summed E-state index contributed by atoms with van der Waals surface area (Å²) in [6.45, 7) is 0.879. The Hall–Kier alpha value is -3.37. The van der Waals surface area contributed by atoms with Gasteiger partial charge in [-0.3, -0.25) is 9.29 Å². The number of anilines is 1. The van der Waals surface area contributed by atoms with Gasteiger partial charge in [0.15, 0.2) is 5.75 Å². The van der Waals surface area contributed by atoms with E-state index in [0.29, 0.717) is 29.4 Å². The second kappa shape index (κ2) is 7.35. The fraction of sp³-hybridized carbons (Fsp3) is 0.227. The zero-order valence-electron chi connectivity index (χ0n) is 17.2. The first kappa shape index (κ1) is 20.5. The van der Waals surface area contributed by atoms with Gasteiger partial charge in [0.1, 0.15) is 11.3 Å². The van der Waals surface area contributed by atoms with Crippen molar-refractivity contribution < 1.29 is 23.0 Å². The van der Waals surface area contributed by atoms with E-state index in [0.717, 1.165) is 5.56 Å². The van der Waals surface area contributed by atoms with Crippen LogP contribution >= 0.6 is 0 Å². The van der Waals surface area contributed by atoms with Gasteiger partial charge in [-0.1, -0.05) is 12.1 Å². The molecule has 0 atom stereocenters. The highest BCUT2D eigenvalue weighted by molar-refractivity contribution is 7.90. The molecule has 2 aromatic carbocycles. The maximum atomic E-state index is 13.3. The molecule has 0 saturated carbocycles. The van der Waals surface area contributed by atoms with Crippen LogP contribution in [0.15, 0.2) is 48.8 Å². The number of phenols is 1. The topological polar surface area (TPSA) is 98.9 Å². The number of halogens is 1. The Morgan fingerprint density at radius 1 is 1.09 bits per heavy atom. The van der Waals surface area contributed by atoms with Crippen molar-refractivity contribution in [3.63, 3.8) is 0 Å². The summed E-state index contributed by atoms with van der Waals surface area (Å²) in [6, 6.07) is 9.23. The summed E-state index contributed by atoms with van der Waals surface area (Å²) in [5.41, 5.74) is 1.30. The molecule has 2 N–H and O–H groups in total. The van der Waals surface area contributed by atoms with Crippen molar-refractivity contribution in [1.82, 2.24) is 13.9 Å². The van der Waals surface area contributed by atoms with Crippen LogP contribution in [-0.2, 0) is 16.8 Å². The van der Waals surface area contributed by atoms with Crippen LogP contribution in [0.2, 0.25) is 0 Å². The van der Waals surface area contributed by atoms with Crippen molar-refractivity contribution in [1.29, 1.82) is 0 Å². The summed E-state index contributed by atoms with van der Waals surface area (Å²) in [7, 11) is -2.27. The molecule has 0 amide bonds. The Bertz CT molecular complexity index is 1450. The minimum atomic E-state index is -3.79. The average molecular weight is 456 g/mol. The van der Waals surface area contributed by atoms with Gasteiger partial charge in [0.2, 0.25) is 5.88 Å². The summed E-state index contributed by atoms with van der Waals surface area (Å²) in [6.07, 6.45) is 3.74. The van der Waals surface area contributed by atoms with Gasteiger partial charge in [-0.15, -0.1) is 0 Å². The number of phenolic OH excluding ortho intramolecular Hbond substituents is 1. The molecule has 1 fully saturated rings.